The predicted octanol–water partition coefficient (Wildman–Crippen LogP) is 2.59. The van der Waals surface area contributed by atoms with E-state index >= 15 is 0 Å². The molecule has 0 aliphatic heterocycles. The molecule has 1 atom stereocenters. The van der Waals surface area contributed by atoms with Gasteiger partial charge in [-0.2, -0.15) is 0 Å². The van der Waals surface area contributed by atoms with Crippen LogP contribution in [0.15, 0.2) is 35.2 Å². The minimum atomic E-state index is -4.07. The number of allylic oxidation sites excluding steroid dienone is 1. The average Bonchev–Trinajstić information content (AvgIpc) is 2.38. The van der Waals surface area contributed by atoms with Crippen LogP contribution in [0.2, 0.25) is 0 Å². The quantitative estimate of drug-likeness (QED) is 0.688. The molecule has 1 aromatic rings. The zero-order valence-electron chi connectivity index (χ0n) is 10.5. The average molecular weight is 318 g/mol. The van der Waals surface area contributed by atoms with Crippen molar-refractivity contribution in [2.75, 3.05) is 0 Å². The molecule has 1 aromatic carbocycles. The van der Waals surface area contributed by atoms with E-state index in [1.807, 2.05) is 12.2 Å². The van der Waals surface area contributed by atoms with Crippen LogP contribution in [0.4, 0.5) is 4.39 Å². The summed E-state index contributed by atoms with van der Waals surface area (Å²) in [5, 5.41) is 2.75. The summed E-state index contributed by atoms with van der Waals surface area (Å²) in [5.41, 5.74) is -0.0567. The van der Waals surface area contributed by atoms with Crippen LogP contribution in [-0.4, -0.2) is 20.4 Å². The molecule has 0 heterocycles. The molecule has 0 saturated carbocycles. The van der Waals surface area contributed by atoms with Gasteiger partial charge >= 0.3 is 0 Å². The zero-order chi connectivity index (χ0) is 14.8. The number of amides is 1. The fourth-order valence-corrected chi connectivity index (χ4v) is 2.82. The smallest absolute Gasteiger partial charge is 0.261 e. The Kier molecular flexibility index (Phi) is 4.45. The number of carbonyl (C=O) groups excluding carboxylic acids is 1. The van der Waals surface area contributed by atoms with Crippen molar-refractivity contribution in [3.63, 3.8) is 0 Å². The number of nitrogens with one attached hydrogen (secondary N) is 1. The van der Waals surface area contributed by atoms with Gasteiger partial charge in [-0.3, -0.25) is 4.79 Å². The molecule has 0 fully saturated rings. The van der Waals surface area contributed by atoms with E-state index in [-0.39, 0.29) is 11.6 Å². The van der Waals surface area contributed by atoms with Crippen molar-refractivity contribution in [1.82, 2.24) is 5.32 Å². The van der Waals surface area contributed by atoms with E-state index in [0.717, 1.165) is 31.0 Å². The topological polar surface area (TPSA) is 63.2 Å². The van der Waals surface area contributed by atoms with Crippen molar-refractivity contribution in [2.45, 2.75) is 30.2 Å². The Labute approximate surface area is 121 Å². The molecule has 7 heteroatoms. The van der Waals surface area contributed by atoms with E-state index in [2.05, 4.69) is 5.32 Å². The Morgan fingerprint density at radius 2 is 2.05 bits per heavy atom. The molecular formula is C13H13ClFNO3S. The third-order valence-corrected chi connectivity index (χ3v) is 4.35. The van der Waals surface area contributed by atoms with Gasteiger partial charge in [-0.25, -0.2) is 12.8 Å². The molecule has 1 aliphatic rings. The lowest BCUT2D eigenvalue weighted by Gasteiger charge is -2.19. The number of rotatable bonds is 3. The van der Waals surface area contributed by atoms with Gasteiger partial charge in [0.05, 0.1) is 4.90 Å². The lowest BCUT2D eigenvalue weighted by atomic mass is 10.0. The van der Waals surface area contributed by atoms with Crippen molar-refractivity contribution in [3.05, 3.63) is 41.7 Å². The Morgan fingerprint density at radius 3 is 2.65 bits per heavy atom. The predicted molar refractivity (Wildman–Crippen MR) is 73.7 cm³/mol. The SMILES string of the molecule is O=C(NC1CC=CCC1)c1cc(F)cc(S(=O)(=O)Cl)c1. The molecule has 1 amide bonds. The lowest BCUT2D eigenvalue weighted by Crippen LogP contribution is -2.35. The van der Waals surface area contributed by atoms with Crippen molar-refractivity contribution in [1.29, 1.82) is 0 Å². The van der Waals surface area contributed by atoms with E-state index in [4.69, 9.17) is 10.7 Å². The van der Waals surface area contributed by atoms with Gasteiger partial charge in [0, 0.05) is 22.3 Å². The Hall–Kier alpha value is -1.40. The molecule has 1 aliphatic carbocycles. The van der Waals surface area contributed by atoms with Gasteiger partial charge in [0.2, 0.25) is 0 Å². The van der Waals surface area contributed by atoms with Crippen molar-refractivity contribution < 1.29 is 17.6 Å². The number of hydrogen-bond acceptors (Lipinski definition) is 3. The van der Waals surface area contributed by atoms with Crippen LogP contribution < -0.4 is 5.32 Å². The van der Waals surface area contributed by atoms with Gasteiger partial charge in [-0.05, 0) is 37.5 Å². The summed E-state index contributed by atoms with van der Waals surface area (Å²) in [4.78, 5) is 11.6. The third kappa shape index (κ3) is 3.80. The minimum absolute atomic E-state index is 0.0215. The van der Waals surface area contributed by atoms with Gasteiger partial charge in [0.25, 0.3) is 15.0 Å². The van der Waals surface area contributed by atoms with E-state index in [9.17, 15) is 17.6 Å². The largest absolute Gasteiger partial charge is 0.349 e. The van der Waals surface area contributed by atoms with Crippen molar-refractivity contribution in [3.8, 4) is 0 Å². The van der Waals surface area contributed by atoms with Gasteiger partial charge < -0.3 is 5.32 Å². The van der Waals surface area contributed by atoms with Crippen LogP contribution in [0, 0.1) is 5.82 Å². The second-order valence-corrected chi connectivity index (χ2v) is 7.13. The van der Waals surface area contributed by atoms with Gasteiger partial charge in [-0.1, -0.05) is 12.2 Å². The lowest BCUT2D eigenvalue weighted by molar-refractivity contribution is 0.0934. The molecule has 0 aromatic heterocycles. The second kappa shape index (κ2) is 5.93. The van der Waals surface area contributed by atoms with Gasteiger partial charge in [0.1, 0.15) is 5.82 Å². The first-order chi connectivity index (χ1) is 9.36. The Morgan fingerprint density at radius 1 is 1.30 bits per heavy atom. The van der Waals surface area contributed by atoms with Crippen LogP contribution in [0.1, 0.15) is 29.6 Å². The minimum Gasteiger partial charge on any atom is -0.349 e. The monoisotopic (exact) mass is 317 g/mol. The van der Waals surface area contributed by atoms with E-state index in [1.54, 1.807) is 0 Å². The molecule has 0 saturated heterocycles. The molecule has 20 heavy (non-hydrogen) atoms. The second-order valence-electron chi connectivity index (χ2n) is 4.57. The molecular weight excluding hydrogens is 305 g/mol. The zero-order valence-corrected chi connectivity index (χ0v) is 12.0. The van der Waals surface area contributed by atoms with Crippen molar-refractivity contribution in [2.24, 2.45) is 0 Å². The highest BCUT2D eigenvalue weighted by atomic mass is 35.7. The van der Waals surface area contributed by atoms with Crippen molar-refractivity contribution >= 4 is 25.6 Å². The fourth-order valence-electron chi connectivity index (χ4n) is 2.03. The number of halogens is 2. The summed E-state index contributed by atoms with van der Waals surface area (Å²) in [5.74, 6) is -1.33. The first-order valence-electron chi connectivity index (χ1n) is 6.07. The van der Waals surface area contributed by atoms with Crippen LogP contribution in [0.25, 0.3) is 0 Å². The molecule has 0 spiro atoms. The maximum Gasteiger partial charge on any atom is 0.261 e. The molecule has 4 nitrogen and oxygen atoms in total. The summed E-state index contributed by atoms with van der Waals surface area (Å²) in [6.07, 6.45) is 6.38. The third-order valence-electron chi connectivity index (χ3n) is 3.02. The highest BCUT2D eigenvalue weighted by Gasteiger charge is 2.18. The maximum atomic E-state index is 13.4. The number of hydrogen-bond donors (Lipinski definition) is 1. The molecule has 2 rings (SSSR count). The first-order valence-corrected chi connectivity index (χ1v) is 8.38. The van der Waals surface area contributed by atoms with Gasteiger partial charge in [0.15, 0.2) is 0 Å². The van der Waals surface area contributed by atoms with Crippen LogP contribution in [-0.2, 0) is 9.05 Å². The van der Waals surface area contributed by atoms with E-state index in [0.29, 0.717) is 6.42 Å². The number of carbonyl (C=O) groups is 1. The van der Waals surface area contributed by atoms with E-state index < -0.39 is 25.7 Å². The highest BCUT2D eigenvalue weighted by molar-refractivity contribution is 8.13. The summed E-state index contributed by atoms with van der Waals surface area (Å²) < 4.78 is 35.8. The summed E-state index contributed by atoms with van der Waals surface area (Å²) in [6.45, 7) is 0. The Balaban J connectivity index is 2.21. The molecule has 0 radical (unpaired) electrons. The Bertz CT molecular complexity index is 658. The molecule has 108 valence electrons. The standard InChI is InChI=1S/C13H13ClFNO3S/c14-20(18,19)12-7-9(6-10(15)8-12)13(17)16-11-4-2-1-3-5-11/h1-2,6-8,11H,3-5H2,(H,16,17). The van der Waals surface area contributed by atoms with E-state index in [1.165, 1.54) is 0 Å². The molecule has 1 unspecified atom stereocenters. The maximum absolute atomic E-state index is 13.4. The van der Waals surface area contributed by atoms with Gasteiger partial charge in [-0.15, -0.1) is 0 Å². The fraction of sp³-hybridized carbons (Fsp3) is 0.308. The van der Waals surface area contributed by atoms with Crippen LogP contribution in [0.5, 0.6) is 0 Å². The summed E-state index contributed by atoms with van der Waals surface area (Å²) >= 11 is 0. The molecule has 0 bridgehead atoms. The first kappa shape index (κ1) is 15.0. The van der Waals surface area contributed by atoms with Crippen LogP contribution in [0.3, 0.4) is 0 Å². The summed E-state index contributed by atoms with van der Waals surface area (Å²) in [7, 11) is 1.09. The highest BCUT2D eigenvalue weighted by Crippen LogP contribution is 2.19. The molecule has 1 N–H and O–H groups in total. The van der Waals surface area contributed by atoms with Crippen LogP contribution >= 0.6 is 10.7 Å². The summed E-state index contributed by atoms with van der Waals surface area (Å²) in [6, 6.07) is 2.81. The number of benzene rings is 1. The normalized spacial score (nSPS) is 18.8.